The summed E-state index contributed by atoms with van der Waals surface area (Å²) in [4.78, 5) is 17.4. The number of likely N-dealkylation sites (tertiary alicyclic amines) is 1. The zero-order valence-corrected chi connectivity index (χ0v) is 21.0. The lowest BCUT2D eigenvalue weighted by atomic mass is 10.0. The molecule has 2 saturated heterocycles. The van der Waals surface area contributed by atoms with Gasteiger partial charge in [0, 0.05) is 58.3 Å². The number of nitrogens with one attached hydrogen (secondary N) is 1. The maximum Gasteiger partial charge on any atom is 0.243 e. The normalized spacial score (nSPS) is 20.7. The second-order valence-electron chi connectivity index (χ2n) is 9.39. The zero-order chi connectivity index (χ0) is 23.3. The fourth-order valence-corrected chi connectivity index (χ4v) is 6.92. The minimum atomic E-state index is -3.70. The minimum Gasteiger partial charge on any atom is -0.340 e. The zero-order valence-electron chi connectivity index (χ0n) is 20.2. The van der Waals surface area contributed by atoms with Crippen molar-refractivity contribution in [3.63, 3.8) is 0 Å². The summed E-state index contributed by atoms with van der Waals surface area (Å²) in [7, 11) is -3.70. The van der Waals surface area contributed by atoms with E-state index in [1.54, 1.807) is 4.31 Å². The van der Waals surface area contributed by atoms with Gasteiger partial charge in [0.1, 0.15) is 0 Å². The number of hydrogen-bond donors (Lipinski definition) is 1. The molecule has 32 heavy (non-hydrogen) atoms. The van der Waals surface area contributed by atoms with E-state index in [0.717, 1.165) is 49.2 Å². The molecule has 0 saturated carbocycles. The highest BCUT2D eigenvalue weighted by Gasteiger charge is 2.30. The molecule has 1 N–H and O–H groups in total. The van der Waals surface area contributed by atoms with Gasteiger partial charge >= 0.3 is 0 Å². The van der Waals surface area contributed by atoms with Crippen LogP contribution in [0.3, 0.4) is 0 Å². The molecule has 1 aromatic carbocycles. The van der Waals surface area contributed by atoms with E-state index in [0.29, 0.717) is 37.1 Å². The summed E-state index contributed by atoms with van der Waals surface area (Å²) in [5, 5.41) is 3.25. The number of carbonyl (C=O) groups excluding carboxylic acids is 1. The summed E-state index contributed by atoms with van der Waals surface area (Å²) in [5.41, 5.74) is 2.60. The van der Waals surface area contributed by atoms with Gasteiger partial charge in [-0.05, 0) is 58.2 Å². The lowest BCUT2D eigenvalue weighted by Gasteiger charge is -2.35. The molecule has 2 heterocycles. The van der Waals surface area contributed by atoms with Crippen LogP contribution in [0.15, 0.2) is 17.0 Å². The van der Waals surface area contributed by atoms with Crippen LogP contribution in [0.2, 0.25) is 0 Å². The van der Waals surface area contributed by atoms with Crippen LogP contribution in [0.1, 0.15) is 49.3 Å². The van der Waals surface area contributed by atoms with Gasteiger partial charge in [0.2, 0.25) is 15.9 Å². The van der Waals surface area contributed by atoms with Crippen LogP contribution in [0.25, 0.3) is 0 Å². The van der Waals surface area contributed by atoms with Gasteiger partial charge in [-0.15, -0.1) is 0 Å². The molecule has 2 aliphatic rings. The number of benzene rings is 1. The number of aryl methyl sites for hydroxylation is 3. The molecular weight excluding hydrogens is 424 g/mol. The quantitative estimate of drug-likeness (QED) is 0.639. The van der Waals surface area contributed by atoms with Gasteiger partial charge in [0.15, 0.2) is 0 Å². The van der Waals surface area contributed by atoms with Crippen LogP contribution in [0.5, 0.6) is 0 Å². The van der Waals surface area contributed by atoms with E-state index >= 15 is 0 Å². The highest BCUT2D eigenvalue weighted by atomic mass is 32.2. The first kappa shape index (κ1) is 25.1. The molecule has 0 spiro atoms. The predicted octanol–water partition coefficient (Wildman–Crippen LogP) is 2.30. The lowest BCUT2D eigenvalue weighted by molar-refractivity contribution is -0.131. The van der Waals surface area contributed by atoms with Gasteiger partial charge in [0.25, 0.3) is 0 Å². The average Bonchev–Trinajstić information content (AvgIpc) is 2.74. The van der Waals surface area contributed by atoms with E-state index in [2.05, 4.69) is 17.1 Å². The molecule has 180 valence electrons. The highest BCUT2D eigenvalue weighted by molar-refractivity contribution is 7.89. The van der Waals surface area contributed by atoms with E-state index in [4.69, 9.17) is 0 Å². The van der Waals surface area contributed by atoms with Gasteiger partial charge in [-0.1, -0.05) is 24.1 Å². The standard InChI is InChI=1S/C24H40N4O3S/c1-19-17-20(2)24(21(3)18-19)32(30,31)28(16-15-26-11-6-5-7-22(26)4)12-8-23(29)27-13-9-25-10-14-27/h17-18,22,25H,5-16H2,1-4H3. The van der Waals surface area contributed by atoms with Crippen molar-refractivity contribution in [1.82, 2.24) is 19.4 Å². The molecule has 1 unspecified atom stereocenters. The molecule has 7 nitrogen and oxygen atoms in total. The number of piperidine rings is 1. The number of amides is 1. The SMILES string of the molecule is Cc1cc(C)c(S(=O)(=O)N(CCC(=O)N2CCNCC2)CCN2CCCCC2C)c(C)c1. The topological polar surface area (TPSA) is 73.0 Å². The Morgan fingerprint density at radius 1 is 1.06 bits per heavy atom. The summed E-state index contributed by atoms with van der Waals surface area (Å²) >= 11 is 0. The Hall–Kier alpha value is -1.48. The predicted molar refractivity (Wildman–Crippen MR) is 128 cm³/mol. The maximum atomic E-state index is 13.8. The molecule has 1 aromatic rings. The van der Waals surface area contributed by atoms with Crippen molar-refractivity contribution in [2.45, 2.75) is 64.3 Å². The van der Waals surface area contributed by atoms with Gasteiger partial charge in [-0.2, -0.15) is 4.31 Å². The number of hydrogen-bond acceptors (Lipinski definition) is 5. The summed E-state index contributed by atoms with van der Waals surface area (Å²) in [6.45, 7) is 13.2. The Kier molecular flexibility index (Phi) is 8.72. The van der Waals surface area contributed by atoms with Crippen molar-refractivity contribution in [1.29, 1.82) is 0 Å². The maximum absolute atomic E-state index is 13.8. The van der Waals surface area contributed by atoms with Crippen molar-refractivity contribution in [3.05, 3.63) is 28.8 Å². The molecule has 2 aliphatic heterocycles. The molecule has 1 amide bonds. The Morgan fingerprint density at radius 3 is 2.34 bits per heavy atom. The van der Waals surface area contributed by atoms with Crippen molar-refractivity contribution in [2.24, 2.45) is 0 Å². The summed E-state index contributed by atoms with van der Waals surface area (Å²) in [6.07, 6.45) is 3.78. The summed E-state index contributed by atoms with van der Waals surface area (Å²) in [6, 6.07) is 4.33. The first-order chi connectivity index (χ1) is 15.2. The fraction of sp³-hybridized carbons (Fsp3) is 0.708. The lowest BCUT2D eigenvalue weighted by Crippen LogP contribution is -2.48. The second kappa shape index (κ2) is 11.1. The van der Waals surface area contributed by atoms with Crippen molar-refractivity contribution in [2.75, 3.05) is 52.4 Å². The van der Waals surface area contributed by atoms with Crippen molar-refractivity contribution in [3.8, 4) is 0 Å². The molecular formula is C24H40N4O3S. The third-order valence-electron chi connectivity index (χ3n) is 6.82. The molecule has 0 aliphatic carbocycles. The molecule has 0 radical (unpaired) electrons. The Balaban J connectivity index is 1.79. The van der Waals surface area contributed by atoms with Crippen molar-refractivity contribution >= 4 is 15.9 Å². The van der Waals surface area contributed by atoms with Crippen LogP contribution >= 0.6 is 0 Å². The van der Waals surface area contributed by atoms with Gasteiger partial charge < -0.3 is 10.2 Å². The molecule has 1 atom stereocenters. The Morgan fingerprint density at radius 2 is 1.72 bits per heavy atom. The average molecular weight is 465 g/mol. The minimum absolute atomic E-state index is 0.0374. The van der Waals surface area contributed by atoms with Crippen LogP contribution in [-0.4, -0.2) is 86.8 Å². The monoisotopic (exact) mass is 464 g/mol. The molecule has 0 aromatic heterocycles. The van der Waals surface area contributed by atoms with Crippen LogP contribution in [0.4, 0.5) is 0 Å². The van der Waals surface area contributed by atoms with Crippen molar-refractivity contribution < 1.29 is 13.2 Å². The number of nitrogens with zero attached hydrogens (tertiary/aromatic N) is 3. The van der Waals surface area contributed by atoms with Crippen LogP contribution in [-0.2, 0) is 14.8 Å². The van der Waals surface area contributed by atoms with Gasteiger partial charge in [-0.25, -0.2) is 8.42 Å². The Labute approximate surface area is 194 Å². The first-order valence-electron chi connectivity index (χ1n) is 12.0. The molecule has 2 fully saturated rings. The third-order valence-corrected chi connectivity index (χ3v) is 9.03. The van der Waals surface area contributed by atoms with E-state index in [1.807, 2.05) is 37.8 Å². The Bertz CT molecular complexity index is 874. The van der Waals surface area contributed by atoms with Crippen LogP contribution < -0.4 is 5.32 Å². The van der Waals surface area contributed by atoms with Crippen LogP contribution in [0, 0.1) is 20.8 Å². The van der Waals surface area contributed by atoms with E-state index < -0.39 is 10.0 Å². The number of piperazine rings is 1. The molecule has 8 heteroatoms. The van der Waals surface area contributed by atoms with E-state index in [-0.39, 0.29) is 18.9 Å². The smallest absolute Gasteiger partial charge is 0.243 e. The van der Waals surface area contributed by atoms with Gasteiger partial charge in [0.05, 0.1) is 4.90 Å². The molecule has 3 rings (SSSR count). The number of rotatable bonds is 8. The van der Waals surface area contributed by atoms with E-state index in [1.165, 1.54) is 6.42 Å². The van der Waals surface area contributed by atoms with Gasteiger partial charge in [-0.3, -0.25) is 9.69 Å². The number of sulfonamides is 1. The third kappa shape index (κ3) is 6.10. The van der Waals surface area contributed by atoms with E-state index in [9.17, 15) is 13.2 Å². The largest absolute Gasteiger partial charge is 0.340 e. The summed E-state index contributed by atoms with van der Waals surface area (Å²) < 4.78 is 29.2. The highest BCUT2D eigenvalue weighted by Crippen LogP contribution is 2.26. The fourth-order valence-electron chi connectivity index (χ4n) is 5.08. The molecule has 0 bridgehead atoms. The summed E-state index contributed by atoms with van der Waals surface area (Å²) in [5.74, 6) is 0.0374. The first-order valence-corrected chi connectivity index (χ1v) is 13.4. The second-order valence-corrected chi connectivity index (χ2v) is 11.3. The number of carbonyl (C=O) groups is 1.